The summed E-state index contributed by atoms with van der Waals surface area (Å²) in [6.45, 7) is 0. The van der Waals surface area contributed by atoms with Crippen LogP contribution in [-0.4, -0.2) is 22.4 Å². The lowest BCUT2D eigenvalue weighted by Gasteiger charge is -2.02. The molecule has 0 fully saturated rings. The first-order valence-corrected chi connectivity index (χ1v) is 6.51. The van der Waals surface area contributed by atoms with E-state index in [2.05, 4.69) is 10.1 Å². The Morgan fingerprint density at radius 1 is 1.35 bits per heavy atom. The molecule has 0 aliphatic heterocycles. The van der Waals surface area contributed by atoms with Crippen LogP contribution in [0, 0.1) is 5.82 Å². The van der Waals surface area contributed by atoms with Crippen molar-refractivity contribution in [1.29, 1.82) is 0 Å². The Hall–Kier alpha value is -2.41. The summed E-state index contributed by atoms with van der Waals surface area (Å²) >= 11 is 1.29. The number of aromatic hydroxyl groups is 1. The van der Waals surface area contributed by atoms with Gasteiger partial charge in [0.2, 0.25) is 5.82 Å². The number of halogens is 1. The van der Waals surface area contributed by atoms with Crippen LogP contribution in [0.4, 0.5) is 4.39 Å². The SMILES string of the molecule is COc1cc(-c2noc(-c3sccc3O)n2)ccc1F. The van der Waals surface area contributed by atoms with Gasteiger partial charge in [0, 0.05) is 5.56 Å². The standard InChI is InChI=1S/C13H9FN2O3S/c1-18-10-6-7(2-3-8(10)14)12-15-13(19-16-12)11-9(17)4-5-20-11/h2-6,17H,1H3. The first-order valence-electron chi connectivity index (χ1n) is 5.63. The van der Waals surface area contributed by atoms with Crippen LogP contribution in [0.3, 0.4) is 0 Å². The highest BCUT2D eigenvalue weighted by Gasteiger charge is 2.16. The molecule has 20 heavy (non-hydrogen) atoms. The molecule has 0 aliphatic rings. The van der Waals surface area contributed by atoms with Gasteiger partial charge in [0.05, 0.1) is 7.11 Å². The van der Waals surface area contributed by atoms with E-state index in [-0.39, 0.29) is 17.4 Å². The van der Waals surface area contributed by atoms with Gasteiger partial charge in [0.1, 0.15) is 10.6 Å². The minimum atomic E-state index is -0.462. The van der Waals surface area contributed by atoms with Gasteiger partial charge < -0.3 is 14.4 Å². The molecule has 7 heteroatoms. The van der Waals surface area contributed by atoms with Gasteiger partial charge in [0.15, 0.2) is 11.6 Å². The van der Waals surface area contributed by atoms with Crippen LogP contribution in [0.1, 0.15) is 0 Å². The van der Waals surface area contributed by atoms with Crippen molar-refractivity contribution in [3.05, 3.63) is 35.5 Å². The fourth-order valence-corrected chi connectivity index (χ4v) is 2.40. The van der Waals surface area contributed by atoms with Crippen molar-refractivity contribution in [2.75, 3.05) is 7.11 Å². The summed E-state index contributed by atoms with van der Waals surface area (Å²) in [5, 5.41) is 15.2. The lowest BCUT2D eigenvalue weighted by molar-refractivity contribution is 0.386. The molecule has 0 unspecified atom stereocenters. The van der Waals surface area contributed by atoms with Crippen LogP contribution < -0.4 is 4.74 Å². The van der Waals surface area contributed by atoms with Crippen LogP contribution in [0.25, 0.3) is 22.2 Å². The maximum absolute atomic E-state index is 13.3. The Kier molecular flexibility index (Phi) is 3.11. The van der Waals surface area contributed by atoms with Gasteiger partial charge in [-0.1, -0.05) is 5.16 Å². The number of thiophene rings is 1. The highest BCUT2D eigenvalue weighted by Crippen LogP contribution is 2.34. The van der Waals surface area contributed by atoms with Gasteiger partial charge in [-0.2, -0.15) is 4.98 Å². The van der Waals surface area contributed by atoms with E-state index in [0.29, 0.717) is 16.3 Å². The van der Waals surface area contributed by atoms with E-state index in [0.717, 1.165) is 0 Å². The van der Waals surface area contributed by atoms with E-state index >= 15 is 0 Å². The molecule has 3 rings (SSSR count). The molecule has 1 aromatic carbocycles. The normalized spacial score (nSPS) is 10.7. The van der Waals surface area contributed by atoms with Crippen molar-refractivity contribution in [3.63, 3.8) is 0 Å². The number of aromatic nitrogens is 2. The predicted octanol–water partition coefficient (Wildman–Crippen LogP) is 3.32. The number of hydrogen-bond acceptors (Lipinski definition) is 6. The third kappa shape index (κ3) is 2.12. The molecule has 3 aromatic rings. The van der Waals surface area contributed by atoms with Gasteiger partial charge in [-0.05, 0) is 29.6 Å². The molecule has 0 bridgehead atoms. The Bertz CT molecular complexity index is 754. The molecule has 0 radical (unpaired) electrons. The smallest absolute Gasteiger partial charge is 0.272 e. The van der Waals surface area contributed by atoms with Crippen molar-refractivity contribution in [1.82, 2.24) is 10.1 Å². The zero-order valence-electron chi connectivity index (χ0n) is 10.3. The summed E-state index contributed by atoms with van der Waals surface area (Å²) in [5.41, 5.74) is 0.564. The zero-order chi connectivity index (χ0) is 14.1. The maximum atomic E-state index is 13.3. The van der Waals surface area contributed by atoms with Gasteiger partial charge in [-0.15, -0.1) is 11.3 Å². The van der Waals surface area contributed by atoms with Gasteiger partial charge >= 0.3 is 0 Å². The van der Waals surface area contributed by atoms with Crippen molar-refractivity contribution >= 4 is 11.3 Å². The number of benzene rings is 1. The van der Waals surface area contributed by atoms with Crippen molar-refractivity contribution in [2.45, 2.75) is 0 Å². The van der Waals surface area contributed by atoms with E-state index in [9.17, 15) is 9.50 Å². The fourth-order valence-electron chi connectivity index (χ4n) is 1.69. The number of methoxy groups -OCH3 is 1. The first-order chi connectivity index (χ1) is 9.69. The second kappa shape index (κ2) is 4.93. The monoisotopic (exact) mass is 292 g/mol. The molecule has 0 saturated heterocycles. The van der Waals surface area contributed by atoms with Gasteiger partial charge in [0.25, 0.3) is 5.89 Å². The van der Waals surface area contributed by atoms with E-state index in [4.69, 9.17) is 9.26 Å². The quantitative estimate of drug-likeness (QED) is 0.802. The van der Waals surface area contributed by atoms with E-state index in [1.807, 2.05) is 0 Å². The summed E-state index contributed by atoms with van der Waals surface area (Å²) < 4.78 is 23.4. The molecule has 0 saturated carbocycles. The Morgan fingerprint density at radius 3 is 2.90 bits per heavy atom. The second-order valence-electron chi connectivity index (χ2n) is 3.91. The Balaban J connectivity index is 2.00. The molecule has 0 amide bonds. The average Bonchev–Trinajstić information content (AvgIpc) is 3.08. The first kappa shape index (κ1) is 12.6. The molecule has 102 valence electrons. The van der Waals surface area contributed by atoms with Gasteiger partial charge in [-0.25, -0.2) is 4.39 Å². The summed E-state index contributed by atoms with van der Waals surface area (Å²) in [6.07, 6.45) is 0. The van der Waals surface area contributed by atoms with Crippen LogP contribution in [0.2, 0.25) is 0 Å². The number of hydrogen-bond donors (Lipinski definition) is 1. The predicted molar refractivity (Wildman–Crippen MR) is 71.2 cm³/mol. The lowest BCUT2D eigenvalue weighted by atomic mass is 10.2. The molecular formula is C13H9FN2O3S. The highest BCUT2D eigenvalue weighted by molar-refractivity contribution is 7.13. The van der Waals surface area contributed by atoms with Crippen LogP contribution in [-0.2, 0) is 0 Å². The molecule has 0 aliphatic carbocycles. The molecule has 0 spiro atoms. The van der Waals surface area contributed by atoms with E-state index < -0.39 is 5.82 Å². The summed E-state index contributed by atoms with van der Waals surface area (Å²) in [7, 11) is 1.38. The average molecular weight is 292 g/mol. The van der Waals surface area contributed by atoms with Gasteiger partial charge in [-0.3, -0.25) is 0 Å². The summed E-state index contributed by atoms with van der Waals surface area (Å²) in [6, 6.07) is 5.83. The third-order valence-electron chi connectivity index (χ3n) is 2.67. The van der Waals surface area contributed by atoms with E-state index in [1.54, 1.807) is 11.4 Å². The second-order valence-corrected chi connectivity index (χ2v) is 4.82. The fraction of sp³-hybridized carbons (Fsp3) is 0.0769. The molecule has 2 heterocycles. The van der Waals surface area contributed by atoms with Crippen molar-refractivity contribution in [2.24, 2.45) is 0 Å². The number of ether oxygens (including phenoxy) is 1. The molecule has 5 nitrogen and oxygen atoms in total. The Labute approximate surface area is 117 Å². The molecule has 0 atom stereocenters. The third-order valence-corrected chi connectivity index (χ3v) is 3.57. The van der Waals surface area contributed by atoms with Crippen LogP contribution >= 0.6 is 11.3 Å². The topological polar surface area (TPSA) is 68.4 Å². The minimum Gasteiger partial charge on any atom is -0.506 e. The number of nitrogens with zero attached hydrogens (tertiary/aromatic N) is 2. The largest absolute Gasteiger partial charge is 0.506 e. The minimum absolute atomic E-state index is 0.0851. The van der Waals surface area contributed by atoms with Crippen molar-refractivity contribution in [3.8, 4) is 33.7 Å². The summed E-state index contributed by atoms with van der Waals surface area (Å²) in [4.78, 5) is 4.68. The molecule has 1 N–H and O–H groups in total. The highest BCUT2D eigenvalue weighted by atomic mass is 32.1. The Morgan fingerprint density at radius 2 is 2.20 bits per heavy atom. The number of rotatable bonds is 3. The zero-order valence-corrected chi connectivity index (χ0v) is 11.1. The lowest BCUT2D eigenvalue weighted by Crippen LogP contribution is -1.89. The molecular weight excluding hydrogens is 283 g/mol. The van der Waals surface area contributed by atoms with Crippen LogP contribution in [0.15, 0.2) is 34.2 Å². The van der Waals surface area contributed by atoms with E-state index in [1.165, 1.54) is 36.6 Å². The molecule has 2 aromatic heterocycles. The van der Waals surface area contributed by atoms with Crippen molar-refractivity contribution < 1.29 is 18.8 Å². The van der Waals surface area contributed by atoms with Crippen LogP contribution in [0.5, 0.6) is 11.5 Å². The summed E-state index contributed by atoms with van der Waals surface area (Å²) in [5.74, 6) is 0.243. The maximum Gasteiger partial charge on any atom is 0.272 e.